The highest BCUT2D eigenvalue weighted by Crippen LogP contribution is 2.38. The van der Waals surface area contributed by atoms with E-state index in [0.717, 1.165) is 11.0 Å². The van der Waals surface area contributed by atoms with Crippen molar-refractivity contribution in [3.05, 3.63) is 28.7 Å². The Hall–Kier alpha value is -0.945. The van der Waals surface area contributed by atoms with Gasteiger partial charge in [0.15, 0.2) is 0 Å². The van der Waals surface area contributed by atoms with Gasteiger partial charge < -0.3 is 14.6 Å². The van der Waals surface area contributed by atoms with Crippen molar-refractivity contribution in [1.82, 2.24) is 15.3 Å². The smallest absolute Gasteiger partial charge is 0.400 e. The number of hydrogen-bond acceptors (Lipinski definition) is 5. The number of aromatic nitrogens is 2. The summed E-state index contributed by atoms with van der Waals surface area (Å²) in [4.78, 5) is 7.98. The highest BCUT2D eigenvalue weighted by atomic mass is 35.5. The van der Waals surface area contributed by atoms with E-state index in [4.69, 9.17) is 20.9 Å². The molecule has 7 heteroatoms. The van der Waals surface area contributed by atoms with E-state index >= 15 is 0 Å². The van der Waals surface area contributed by atoms with Crippen molar-refractivity contribution in [2.45, 2.75) is 38.9 Å². The summed E-state index contributed by atoms with van der Waals surface area (Å²) in [6.07, 6.45) is 5.02. The van der Waals surface area contributed by atoms with E-state index in [0.29, 0.717) is 11.7 Å². The number of nitrogens with zero attached hydrogens (tertiary/aromatic N) is 2. The number of rotatable bonds is 4. The summed E-state index contributed by atoms with van der Waals surface area (Å²) in [6, 6.07) is 0. The molecule has 0 unspecified atom stereocenters. The maximum atomic E-state index is 6.09. The Bertz CT molecular complexity index is 533. The molecule has 114 valence electrons. The van der Waals surface area contributed by atoms with Crippen molar-refractivity contribution in [3.63, 3.8) is 0 Å². The van der Waals surface area contributed by atoms with E-state index in [9.17, 15) is 0 Å². The summed E-state index contributed by atoms with van der Waals surface area (Å²) in [7, 11) is 1.46. The largest absolute Gasteiger partial charge is 0.491 e. The molecule has 0 bridgehead atoms. The fourth-order valence-electron chi connectivity index (χ4n) is 2.02. The molecule has 0 aromatic carbocycles. The van der Waals surface area contributed by atoms with Gasteiger partial charge in [0.05, 0.1) is 11.2 Å². The lowest BCUT2D eigenvalue weighted by Crippen LogP contribution is -2.41. The third-order valence-electron chi connectivity index (χ3n) is 3.97. The van der Waals surface area contributed by atoms with Crippen LogP contribution in [0.15, 0.2) is 18.0 Å². The molecule has 21 heavy (non-hydrogen) atoms. The SMILES string of the molecule is CNCC(=Cc1cncnc1Cl)B1OC(C)(C)C(C)(C)O1. The normalized spacial score (nSPS) is 20.9. The average molecular weight is 310 g/mol. The Balaban J connectivity index is 2.31. The van der Waals surface area contributed by atoms with Crippen LogP contribution >= 0.6 is 11.6 Å². The molecule has 1 saturated heterocycles. The number of hydrogen-bond donors (Lipinski definition) is 1. The minimum atomic E-state index is -0.418. The lowest BCUT2D eigenvalue weighted by atomic mass is 9.77. The maximum Gasteiger partial charge on any atom is 0.491 e. The number of likely N-dealkylation sites (N-methyl/N-ethyl adjacent to an activating group) is 1. The molecule has 5 nitrogen and oxygen atoms in total. The van der Waals surface area contributed by atoms with Gasteiger partial charge in [0, 0.05) is 18.3 Å². The molecule has 0 aliphatic carbocycles. The Kier molecular flexibility index (Phi) is 4.73. The molecule has 1 aromatic heterocycles. The van der Waals surface area contributed by atoms with Gasteiger partial charge in [-0.05, 0) is 40.2 Å². The van der Waals surface area contributed by atoms with E-state index in [-0.39, 0.29) is 11.2 Å². The monoisotopic (exact) mass is 309 g/mol. The van der Waals surface area contributed by atoms with Gasteiger partial charge in [-0.25, -0.2) is 9.97 Å². The minimum Gasteiger partial charge on any atom is -0.400 e. The Morgan fingerprint density at radius 1 is 1.33 bits per heavy atom. The van der Waals surface area contributed by atoms with E-state index in [1.165, 1.54) is 6.33 Å². The van der Waals surface area contributed by atoms with Gasteiger partial charge in [0.1, 0.15) is 11.5 Å². The second-order valence-electron chi connectivity index (χ2n) is 6.11. The molecule has 1 aliphatic rings. The quantitative estimate of drug-likeness (QED) is 0.683. The molecule has 0 saturated carbocycles. The Morgan fingerprint density at radius 3 is 2.48 bits per heavy atom. The summed E-state index contributed by atoms with van der Waals surface area (Å²) >= 11 is 6.09. The van der Waals surface area contributed by atoms with Gasteiger partial charge in [-0.3, -0.25) is 0 Å². The molecule has 1 aliphatic heterocycles. The highest BCUT2D eigenvalue weighted by Gasteiger charge is 2.52. The van der Waals surface area contributed by atoms with Crippen molar-refractivity contribution in [2.75, 3.05) is 13.6 Å². The summed E-state index contributed by atoms with van der Waals surface area (Å²) in [5.74, 6) is 0. The van der Waals surface area contributed by atoms with Crippen molar-refractivity contribution in [3.8, 4) is 0 Å². The predicted molar refractivity (Wildman–Crippen MR) is 85.0 cm³/mol. The third-order valence-corrected chi connectivity index (χ3v) is 4.28. The summed E-state index contributed by atoms with van der Waals surface area (Å²) in [5.41, 5.74) is 0.954. The van der Waals surface area contributed by atoms with Crippen molar-refractivity contribution >= 4 is 24.8 Å². The average Bonchev–Trinajstić information content (AvgIpc) is 2.60. The zero-order valence-corrected chi connectivity index (χ0v) is 13.9. The van der Waals surface area contributed by atoms with Gasteiger partial charge in [-0.15, -0.1) is 0 Å². The number of nitrogens with one attached hydrogen (secondary N) is 1. The van der Waals surface area contributed by atoms with Crippen molar-refractivity contribution in [2.24, 2.45) is 0 Å². The van der Waals surface area contributed by atoms with Crippen molar-refractivity contribution < 1.29 is 9.31 Å². The van der Waals surface area contributed by atoms with Crippen molar-refractivity contribution in [1.29, 1.82) is 0 Å². The number of halogens is 1. The van der Waals surface area contributed by atoms with Gasteiger partial charge >= 0.3 is 7.12 Å². The van der Waals surface area contributed by atoms with Gasteiger partial charge in [0.25, 0.3) is 0 Å². The second kappa shape index (κ2) is 6.05. The van der Waals surface area contributed by atoms with Crippen LogP contribution in [0.1, 0.15) is 33.3 Å². The molecule has 1 aromatic rings. The molecule has 1 fully saturated rings. The van der Waals surface area contributed by atoms with Crippen LogP contribution in [-0.2, 0) is 9.31 Å². The van der Waals surface area contributed by atoms with Crippen LogP contribution in [0.4, 0.5) is 0 Å². The van der Waals surface area contributed by atoms with Crippen LogP contribution in [0.25, 0.3) is 6.08 Å². The standard InChI is InChI=1S/C14H21BClN3O2/c1-13(2)14(3,4)21-15(20-13)11(8-17-5)6-10-7-18-9-19-12(10)16/h6-7,9,17H,8H2,1-5H3. The first-order valence-corrected chi connectivity index (χ1v) is 7.31. The van der Waals surface area contributed by atoms with Gasteiger partial charge in [-0.1, -0.05) is 17.7 Å². The van der Waals surface area contributed by atoms with E-state index in [1.807, 2.05) is 40.8 Å². The molecular weight excluding hydrogens is 288 g/mol. The summed E-state index contributed by atoms with van der Waals surface area (Å²) in [5, 5.41) is 3.54. The fraction of sp³-hybridized carbons (Fsp3) is 0.571. The molecule has 2 heterocycles. The van der Waals surface area contributed by atoms with Crippen LogP contribution in [0.2, 0.25) is 5.15 Å². The first kappa shape index (κ1) is 16.4. The molecule has 1 N–H and O–H groups in total. The third kappa shape index (κ3) is 3.45. The van der Waals surface area contributed by atoms with Crippen LogP contribution in [-0.4, -0.2) is 41.9 Å². The molecule has 0 amide bonds. The lowest BCUT2D eigenvalue weighted by molar-refractivity contribution is 0.00578. The van der Waals surface area contributed by atoms with Crippen LogP contribution in [0.5, 0.6) is 0 Å². The van der Waals surface area contributed by atoms with E-state index in [1.54, 1.807) is 6.20 Å². The lowest BCUT2D eigenvalue weighted by Gasteiger charge is -2.32. The van der Waals surface area contributed by atoms with Gasteiger partial charge in [0.2, 0.25) is 0 Å². The maximum absolute atomic E-state index is 6.09. The molecule has 0 radical (unpaired) electrons. The Labute approximate surface area is 131 Å². The second-order valence-corrected chi connectivity index (χ2v) is 6.46. The van der Waals surface area contributed by atoms with E-state index in [2.05, 4.69) is 15.3 Å². The highest BCUT2D eigenvalue weighted by molar-refractivity contribution is 6.56. The zero-order valence-electron chi connectivity index (χ0n) is 13.1. The fourth-order valence-corrected chi connectivity index (χ4v) is 2.17. The van der Waals surface area contributed by atoms with Gasteiger partial charge in [-0.2, -0.15) is 0 Å². The first-order chi connectivity index (χ1) is 9.77. The molecule has 0 atom stereocenters. The molecule has 2 rings (SSSR count). The topological polar surface area (TPSA) is 56.3 Å². The molecular formula is C14H21BClN3O2. The van der Waals surface area contributed by atoms with Crippen LogP contribution in [0.3, 0.4) is 0 Å². The summed E-state index contributed by atoms with van der Waals surface area (Å²) in [6.45, 7) is 8.75. The Morgan fingerprint density at radius 2 is 1.95 bits per heavy atom. The van der Waals surface area contributed by atoms with Crippen LogP contribution in [0, 0.1) is 0 Å². The minimum absolute atomic E-state index is 0.374. The zero-order chi connectivity index (χ0) is 15.7. The summed E-state index contributed by atoms with van der Waals surface area (Å²) < 4.78 is 12.2. The predicted octanol–water partition coefficient (Wildman–Crippen LogP) is 2.36. The van der Waals surface area contributed by atoms with Crippen LogP contribution < -0.4 is 5.32 Å². The van der Waals surface area contributed by atoms with E-state index < -0.39 is 7.12 Å². The first-order valence-electron chi connectivity index (χ1n) is 6.93. The molecule has 0 spiro atoms.